The lowest BCUT2D eigenvalue weighted by Gasteiger charge is -2.07. The summed E-state index contributed by atoms with van der Waals surface area (Å²) in [6.45, 7) is 0.432. The van der Waals surface area contributed by atoms with Crippen molar-refractivity contribution >= 4 is 11.7 Å². The van der Waals surface area contributed by atoms with E-state index in [1.165, 1.54) is 17.9 Å². The van der Waals surface area contributed by atoms with Gasteiger partial charge in [0.25, 0.3) is 5.91 Å². The molecule has 0 bridgehead atoms. The van der Waals surface area contributed by atoms with E-state index in [4.69, 9.17) is 0 Å². The number of benzene rings is 1. The van der Waals surface area contributed by atoms with Gasteiger partial charge in [-0.15, -0.1) is 10.2 Å². The van der Waals surface area contributed by atoms with Crippen LogP contribution in [0.2, 0.25) is 0 Å². The molecule has 7 nitrogen and oxygen atoms in total. The molecule has 2 aromatic heterocycles. The number of hydrogen-bond acceptors (Lipinski definition) is 5. The molecular weight excluding hydrogens is 361 g/mol. The molecule has 0 fully saturated rings. The number of aromatic nitrogens is 4. The van der Waals surface area contributed by atoms with Crippen molar-refractivity contribution in [3.8, 4) is 5.69 Å². The summed E-state index contributed by atoms with van der Waals surface area (Å²) in [5, 5.41) is 16.8. The molecule has 140 valence electrons. The quantitative estimate of drug-likeness (QED) is 0.715. The van der Waals surface area contributed by atoms with Gasteiger partial charge in [-0.2, -0.15) is 18.3 Å². The highest BCUT2D eigenvalue weighted by Gasteiger charge is 2.33. The van der Waals surface area contributed by atoms with E-state index in [9.17, 15) is 18.0 Å². The number of anilines is 1. The average Bonchev–Trinajstić information content (AvgIpc) is 3.17. The number of alkyl halides is 3. The fourth-order valence-electron chi connectivity index (χ4n) is 2.25. The molecule has 0 unspecified atom stereocenters. The van der Waals surface area contributed by atoms with Crippen LogP contribution in [0.3, 0.4) is 0 Å². The summed E-state index contributed by atoms with van der Waals surface area (Å²) in [6.07, 6.45) is -3.21. The van der Waals surface area contributed by atoms with Gasteiger partial charge in [-0.1, -0.05) is 12.1 Å². The summed E-state index contributed by atoms with van der Waals surface area (Å²) in [7, 11) is 1.51. The Bertz CT molecular complexity index is 919. The van der Waals surface area contributed by atoms with Gasteiger partial charge >= 0.3 is 6.18 Å². The van der Waals surface area contributed by atoms with E-state index >= 15 is 0 Å². The van der Waals surface area contributed by atoms with Crippen molar-refractivity contribution in [3.05, 3.63) is 65.6 Å². The van der Waals surface area contributed by atoms with Crippen LogP contribution in [0.4, 0.5) is 19.0 Å². The molecule has 0 aliphatic carbocycles. The van der Waals surface area contributed by atoms with Crippen molar-refractivity contribution in [3.63, 3.8) is 0 Å². The Morgan fingerprint density at radius 2 is 1.81 bits per heavy atom. The van der Waals surface area contributed by atoms with Crippen LogP contribution in [0.15, 0.2) is 48.7 Å². The van der Waals surface area contributed by atoms with Crippen LogP contribution in [0.1, 0.15) is 21.7 Å². The van der Waals surface area contributed by atoms with Gasteiger partial charge in [0.05, 0.1) is 5.69 Å². The van der Waals surface area contributed by atoms with E-state index in [1.807, 2.05) is 0 Å². The molecule has 0 radical (unpaired) electrons. The minimum atomic E-state index is -4.47. The van der Waals surface area contributed by atoms with Gasteiger partial charge in [0, 0.05) is 19.8 Å². The summed E-state index contributed by atoms with van der Waals surface area (Å²) >= 11 is 0. The van der Waals surface area contributed by atoms with Gasteiger partial charge in [0.15, 0.2) is 11.4 Å². The molecule has 2 N–H and O–H groups in total. The lowest BCUT2D eigenvalue weighted by molar-refractivity contribution is -0.141. The summed E-state index contributed by atoms with van der Waals surface area (Å²) < 4.78 is 39.0. The Morgan fingerprint density at radius 3 is 2.37 bits per heavy atom. The van der Waals surface area contributed by atoms with Crippen molar-refractivity contribution < 1.29 is 18.0 Å². The third-order valence-electron chi connectivity index (χ3n) is 3.68. The number of nitrogens with one attached hydrogen (secondary N) is 2. The molecule has 0 atom stereocenters. The van der Waals surface area contributed by atoms with Crippen LogP contribution in [0, 0.1) is 0 Å². The van der Waals surface area contributed by atoms with E-state index in [1.54, 1.807) is 36.4 Å². The Labute approximate surface area is 152 Å². The van der Waals surface area contributed by atoms with Crippen molar-refractivity contribution in [1.82, 2.24) is 25.3 Å². The lowest BCUT2D eigenvalue weighted by atomic mass is 10.2. The second-order valence-corrected chi connectivity index (χ2v) is 5.55. The van der Waals surface area contributed by atoms with Gasteiger partial charge in [0.2, 0.25) is 0 Å². The molecule has 0 saturated carbocycles. The van der Waals surface area contributed by atoms with E-state index in [-0.39, 0.29) is 11.6 Å². The molecule has 0 spiro atoms. The van der Waals surface area contributed by atoms with Crippen molar-refractivity contribution in [2.24, 2.45) is 0 Å². The number of halogens is 3. The standard InChI is InChI=1S/C17H15F3N6O/c1-21-16(27)13-6-7-15(24-23-13)22-10-11-2-4-12(5-3-11)26-9-8-14(25-26)17(18,19)20/h2-9H,10H2,1H3,(H,21,27)(H,22,24). The molecule has 3 aromatic rings. The monoisotopic (exact) mass is 376 g/mol. The van der Waals surface area contributed by atoms with Gasteiger partial charge in [-0.25, -0.2) is 4.68 Å². The Morgan fingerprint density at radius 1 is 1.07 bits per heavy atom. The molecule has 0 aliphatic rings. The lowest BCUT2D eigenvalue weighted by Crippen LogP contribution is -2.19. The average molecular weight is 376 g/mol. The van der Waals surface area contributed by atoms with Crippen molar-refractivity contribution in [1.29, 1.82) is 0 Å². The maximum absolute atomic E-state index is 12.6. The number of carbonyl (C=O) groups excluding carboxylic acids is 1. The first-order valence-corrected chi connectivity index (χ1v) is 7.88. The minimum Gasteiger partial charge on any atom is -0.365 e. The van der Waals surface area contributed by atoms with Gasteiger partial charge in [0.1, 0.15) is 5.82 Å². The first-order valence-electron chi connectivity index (χ1n) is 7.88. The molecular formula is C17H15F3N6O. The molecule has 10 heteroatoms. The maximum Gasteiger partial charge on any atom is 0.435 e. The number of nitrogens with zero attached hydrogens (tertiary/aromatic N) is 4. The third kappa shape index (κ3) is 4.40. The maximum atomic E-state index is 12.6. The van der Waals surface area contributed by atoms with E-state index in [0.717, 1.165) is 11.6 Å². The Hall–Kier alpha value is -3.43. The zero-order valence-corrected chi connectivity index (χ0v) is 14.2. The SMILES string of the molecule is CNC(=O)c1ccc(NCc2ccc(-n3ccc(C(F)(F)F)n3)cc2)nn1. The highest BCUT2D eigenvalue weighted by atomic mass is 19.4. The smallest absolute Gasteiger partial charge is 0.365 e. The second-order valence-electron chi connectivity index (χ2n) is 5.55. The summed E-state index contributed by atoms with van der Waals surface area (Å²) in [4.78, 5) is 11.4. The van der Waals surface area contributed by atoms with Gasteiger partial charge in [-0.3, -0.25) is 4.79 Å². The largest absolute Gasteiger partial charge is 0.435 e. The normalized spacial score (nSPS) is 11.3. The highest BCUT2D eigenvalue weighted by Crippen LogP contribution is 2.27. The first kappa shape index (κ1) is 18.4. The van der Waals surface area contributed by atoms with Gasteiger partial charge in [-0.05, 0) is 35.9 Å². The fraction of sp³-hybridized carbons (Fsp3) is 0.176. The van der Waals surface area contributed by atoms with E-state index < -0.39 is 11.9 Å². The van der Waals surface area contributed by atoms with Crippen LogP contribution in [-0.4, -0.2) is 32.9 Å². The zero-order chi connectivity index (χ0) is 19.4. The van der Waals surface area contributed by atoms with E-state index in [0.29, 0.717) is 18.1 Å². The first-order chi connectivity index (χ1) is 12.9. The number of amides is 1. The topological polar surface area (TPSA) is 84.7 Å². The molecule has 1 amide bonds. The highest BCUT2D eigenvalue weighted by molar-refractivity contribution is 5.91. The van der Waals surface area contributed by atoms with Crippen molar-refractivity contribution in [2.75, 3.05) is 12.4 Å². The summed E-state index contributed by atoms with van der Waals surface area (Å²) in [6, 6.07) is 11.0. The van der Waals surface area contributed by atoms with Crippen LogP contribution in [0.5, 0.6) is 0 Å². The number of carbonyl (C=O) groups is 1. The zero-order valence-electron chi connectivity index (χ0n) is 14.2. The second kappa shape index (κ2) is 7.44. The van der Waals surface area contributed by atoms with Crippen LogP contribution < -0.4 is 10.6 Å². The predicted molar refractivity (Wildman–Crippen MR) is 91.3 cm³/mol. The summed E-state index contributed by atoms with van der Waals surface area (Å²) in [5.74, 6) is 0.172. The van der Waals surface area contributed by atoms with Crippen LogP contribution >= 0.6 is 0 Å². The third-order valence-corrected chi connectivity index (χ3v) is 3.68. The predicted octanol–water partition coefficient (Wildman–Crippen LogP) is 2.65. The molecule has 27 heavy (non-hydrogen) atoms. The Kier molecular flexibility index (Phi) is 5.06. The molecule has 1 aromatic carbocycles. The molecule has 3 rings (SSSR count). The number of rotatable bonds is 5. The molecule has 0 saturated heterocycles. The van der Waals surface area contributed by atoms with Gasteiger partial charge < -0.3 is 10.6 Å². The number of hydrogen-bond donors (Lipinski definition) is 2. The van der Waals surface area contributed by atoms with Crippen LogP contribution in [-0.2, 0) is 12.7 Å². The molecule has 0 aliphatic heterocycles. The Balaban J connectivity index is 1.62. The van der Waals surface area contributed by atoms with Crippen LogP contribution in [0.25, 0.3) is 5.69 Å². The summed E-state index contributed by atoms with van der Waals surface area (Å²) in [5.41, 5.74) is 0.681. The van der Waals surface area contributed by atoms with E-state index in [2.05, 4.69) is 25.9 Å². The minimum absolute atomic E-state index is 0.213. The van der Waals surface area contributed by atoms with Crippen molar-refractivity contribution in [2.45, 2.75) is 12.7 Å². The molecule has 2 heterocycles. The fourth-order valence-corrected chi connectivity index (χ4v) is 2.25.